The molecule has 62 heavy (non-hydrogen) atoms. The number of imidazole rings is 1. The number of carbonyl (C=O) groups excluding carboxylic acids is 5. The van der Waals surface area contributed by atoms with Gasteiger partial charge in [0.1, 0.15) is 5.60 Å². The molecule has 14 nitrogen and oxygen atoms in total. The maximum Gasteiger partial charge on any atom is 0.341 e. The molecule has 3 amide bonds. The molecule has 1 heterocycles. The molecule has 0 saturated heterocycles. The molecule has 0 bridgehead atoms. The maximum absolute atomic E-state index is 16.3. The molecule has 334 valence electrons. The highest BCUT2D eigenvalue weighted by Crippen LogP contribution is 2.46. The predicted octanol–water partition coefficient (Wildman–Crippen LogP) is 4.18. The Hall–Kier alpha value is -5.54. The van der Waals surface area contributed by atoms with Crippen molar-refractivity contribution in [3.63, 3.8) is 0 Å². The van der Waals surface area contributed by atoms with Crippen molar-refractivity contribution < 1.29 is 33.8 Å². The number of ketones is 1. The molecule has 14 heteroatoms. The Balaban J connectivity index is 2.09. The fourth-order valence-electron chi connectivity index (χ4n) is 7.84. The molecule has 6 atom stereocenters. The molecule has 4 aromatic rings. The van der Waals surface area contributed by atoms with Gasteiger partial charge in [-0.2, -0.15) is 0 Å². The minimum Gasteiger partial charge on any atom is -0.458 e. The second kappa shape index (κ2) is 21.5. The van der Waals surface area contributed by atoms with E-state index in [4.69, 9.17) is 21.9 Å². The molecule has 1 aromatic heterocycles. The average Bonchev–Trinajstić information content (AvgIpc) is 3.74. The van der Waals surface area contributed by atoms with Gasteiger partial charge in [-0.1, -0.05) is 119 Å². The van der Waals surface area contributed by atoms with Crippen molar-refractivity contribution >= 4 is 29.5 Å². The van der Waals surface area contributed by atoms with E-state index in [0.29, 0.717) is 16.8 Å². The van der Waals surface area contributed by atoms with Gasteiger partial charge in [0.2, 0.25) is 17.7 Å². The molecular formula is C48H65N7O7. The summed E-state index contributed by atoms with van der Waals surface area (Å²) >= 11 is 0. The number of imide groups is 1. The van der Waals surface area contributed by atoms with Crippen LogP contribution in [-0.4, -0.2) is 84.8 Å². The second-order valence-electron chi connectivity index (χ2n) is 18.0. The van der Waals surface area contributed by atoms with Crippen LogP contribution in [-0.2, 0) is 54.5 Å². The van der Waals surface area contributed by atoms with Crippen LogP contribution in [0, 0.1) is 17.3 Å². The zero-order valence-electron chi connectivity index (χ0n) is 37.0. The van der Waals surface area contributed by atoms with E-state index >= 15 is 14.4 Å². The van der Waals surface area contributed by atoms with Crippen LogP contribution in [0.2, 0.25) is 0 Å². The van der Waals surface area contributed by atoms with E-state index in [1.54, 1.807) is 95.3 Å². The molecule has 0 aliphatic carbocycles. The van der Waals surface area contributed by atoms with Gasteiger partial charge < -0.3 is 37.3 Å². The SMILES string of the molecule is CC(C)C[C@H](N)C(=O)N(Cc1ccccc1)C(=O)[C@@](CC(C)C)(C(=O)[C@H](Cc1cnc[nH]1)NC(=O)[C@@H](N)Cc1ccccc1)[C@@](O)(C(=O)OC(C)(C)C)[C@@H](N)Cc1ccccc1. The summed E-state index contributed by atoms with van der Waals surface area (Å²) in [5.41, 5.74) is 15.0. The standard InChI is InChI=1S/C48H65N7O7/c1-31(2)23-38(50)43(58)55(29-35-21-15-10-16-22-35)44(59)47(27-32(3)4,48(61,45(60)62-46(5,6)7)40(51)25-34-19-13-9-14-20-34)41(56)39(26-36-28-52-30-53-36)54-42(57)37(49)24-33-17-11-8-12-18-33/h8-22,28,30-32,37-40,61H,23-27,29,49-51H2,1-7H3,(H,52,53)(H,54,57)/t37-,38-,39-,40-,47+,48-/m0/s1. The first-order chi connectivity index (χ1) is 29.2. The summed E-state index contributed by atoms with van der Waals surface area (Å²) in [6.45, 7) is 11.5. The number of aromatic nitrogens is 2. The Bertz CT molecular complexity index is 2070. The average molecular weight is 852 g/mol. The van der Waals surface area contributed by atoms with Crippen LogP contribution >= 0.6 is 0 Å². The van der Waals surface area contributed by atoms with Crippen molar-refractivity contribution in [2.45, 2.75) is 122 Å². The van der Waals surface area contributed by atoms with Gasteiger partial charge in [0.15, 0.2) is 16.8 Å². The van der Waals surface area contributed by atoms with E-state index in [9.17, 15) is 14.7 Å². The van der Waals surface area contributed by atoms with Gasteiger partial charge in [-0.15, -0.1) is 0 Å². The number of ether oxygens (including phenoxy) is 1. The Kier molecular flexibility index (Phi) is 17.0. The van der Waals surface area contributed by atoms with E-state index in [-0.39, 0.29) is 38.1 Å². The van der Waals surface area contributed by atoms with Crippen LogP contribution in [0.25, 0.3) is 0 Å². The number of carbonyl (C=O) groups is 5. The summed E-state index contributed by atoms with van der Waals surface area (Å²) in [7, 11) is 0. The van der Waals surface area contributed by atoms with Gasteiger partial charge in [0.25, 0.3) is 0 Å². The van der Waals surface area contributed by atoms with Crippen molar-refractivity contribution in [1.82, 2.24) is 20.2 Å². The lowest BCUT2D eigenvalue weighted by molar-refractivity contribution is -0.207. The molecule has 0 aliphatic rings. The zero-order valence-corrected chi connectivity index (χ0v) is 37.0. The topological polar surface area (TPSA) is 237 Å². The van der Waals surface area contributed by atoms with E-state index in [1.807, 2.05) is 44.2 Å². The van der Waals surface area contributed by atoms with Crippen molar-refractivity contribution in [3.8, 4) is 0 Å². The monoisotopic (exact) mass is 851 g/mol. The summed E-state index contributed by atoms with van der Waals surface area (Å²) < 4.78 is 5.95. The second-order valence-corrected chi connectivity index (χ2v) is 18.0. The highest BCUT2D eigenvalue weighted by atomic mass is 16.6. The molecule has 0 aliphatic heterocycles. The van der Waals surface area contributed by atoms with Crippen molar-refractivity contribution in [2.75, 3.05) is 0 Å². The number of rotatable bonds is 21. The summed E-state index contributed by atoms with van der Waals surface area (Å²) in [5.74, 6) is -5.95. The molecule has 9 N–H and O–H groups in total. The molecule has 4 rings (SSSR count). The number of aliphatic hydroxyl groups is 1. The van der Waals surface area contributed by atoms with Crippen molar-refractivity contribution in [1.29, 1.82) is 0 Å². The first kappa shape index (κ1) is 49.1. The Morgan fingerprint density at radius 1 is 0.758 bits per heavy atom. The number of Topliss-reactive ketones (excluding diaryl/α,β-unsaturated/α-hetero) is 1. The Labute approximate surface area is 365 Å². The Morgan fingerprint density at radius 2 is 1.29 bits per heavy atom. The number of nitrogens with zero attached hydrogens (tertiary/aromatic N) is 2. The normalized spacial score (nSPS) is 15.7. The first-order valence-corrected chi connectivity index (χ1v) is 21.2. The number of aromatic amines is 1. The molecule has 0 fully saturated rings. The van der Waals surface area contributed by atoms with Gasteiger partial charge in [0.05, 0.1) is 31.0 Å². The molecular weight excluding hydrogens is 787 g/mol. The largest absolute Gasteiger partial charge is 0.458 e. The zero-order chi connectivity index (χ0) is 45.8. The van der Waals surface area contributed by atoms with Gasteiger partial charge in [0, 0.05) is 24.4 Å². The quantitative estimate of drug-likeness (QED) is 0.0514. The van der Waals surface area contributed by atoms with Gasteiger partial charge in [-0.25, -0.2) is 9.78 Å². The van der Waals surface area contributed by atoms with Gasteiger partial charge in [-0.05, 0) is 75.0 Å². The molecule has 0 radical (unpaired) electrons. The highest BCUT2D eigenvalue weighted by molar-refractivity contribution is 6.17. The lowest BCUT2D eigenvalue weighted by Gasteiger charge is -2.50. The number of hydrogen-bond acceptors (Lipinski definition) is 11. The molecule has 0 saturated carbocycles. The van der Waals surface area contributed by atoms with Crippen LogP contribution in [0.1, 0.15) is 83.7 Å². The van der Waals surface area contributed by atoms with E-state index in [2.05, 4.69) is 15.3 Å². The van der Waals surface area contributed by atoms with Gasteiger partial charge in [-0.3, -0.25) is 24.1 Å². The van der Waals surface area contributed by atoms with Crippen molar-refractivity contribution in [3.05, 3.63) is 126 Å². The van der Waals surface area contributed by atoms with Crippen LogP contribution in [0.4, 0.5) is 0 Å². The predicted molar refractivity (Wildman–Crippen MR) is 238 cm³/mol. The molecule has 3 aromatic carbocycles. The van der Waals surface area contributed by atoms with E-state index in [1.165, 1.54) is 12.5 Å². The number of hydrogen-bond donors (Lipinski definition) is 6. The summed E-state index contributed by atoms with van der Waals surface area (Å²) in [4.78, 5) is 84.5. The maximum atomic E-state index is 16.3. The van der Waals surface area contributed by atoms with Crippen LogP contribution in [0.15, 0.2) is 104 Å². The van der Waals surface area contributed by atoms with Crippen LogP contribution in [0.3, 0.4) is 0 Å². The summed E-state index contributed by atoms with van der Waals surface area (Å²) in [6.07, 6.45) is 2.08. The van der Waals surface area contributed by atoms with E-state index in [0.717, 1.165) is 10.5 Å². The summed E-state index contributed by atoms with van der Waals surface area (Å²) in [6, 6.07) is 20.7. The third-order valence-corrected chi connectivity index (χ3v) is 10.7. The lowest BCUT2D eigenvalue weighted by atomic mass is 9.58. The summed E-state index contributed by atoms with van der Waals surface area (Å²) in [5, 5.41) is 16.5. The van der Waals surface area contributed by atoms with Crippen molar-refractivity contribution in [2.24, 2.45) is 34.5 Å². The number of nitrogens with one attached hydrogen (secondary N) is 2. The lowest BCUT2D eigenvalue weighted by Crippen LogP contribution is -2.75. The number of amides is 3. The minimum absolute atomic E-state index is 0.0724. The highest BCUT2D eigenvalue weighted by Gasteiger charge is 2.70. The first-order valence-electron chi connectivity index (χ1n) is 21.2. The van der Waals surface area contributed by atoms with Crippen LogP contribution in [0.5, 0.6) is 0 Å². The number of H-pyrrole nitrogens is 1. The third-order valence-electron chi connectivity index (χ3n) is 10.7. The smallest absolute Gasteiger partial charge is 0.341 e. The minimum atomic E-state index is -3.19. The fourth-order valence-corrected chi connectivity index (χ4v) is 7.84. The third kappa shape index (κ3) is 12.3. The van der Waals surface area contributed by atoms with Gasteiger partial charge >= 0.3 is 5.97 Å². The number of benzene rings is 3. The molecule has 0 spiro atoms. The number of esters is 1. The number of nitrogens with two attached hydrogens (primary N) is 3. The van der Waals surface area contributed by atoms with E-state index < -0.39 is 82.6 Å². The fraction of sp³-hybridized carbons (Fsp3) is 0.458. The molecule has 0 unspecified atom stereocenters. The Morgan fingerprint density at radius 3 is 1.77 bits per heavy atom. The van der Waals surface area contributed by atoms with Crippen LogP contribution < -0.4 is 22.5 Å².